The summed E-state index contributed by atoms with van der Waals surface area (Å²) in [7, 11) is 1.46. The third-order valence-corrected chi connectivity index (χ3v) is 3.61. The van der Waals surface area contributed by atoms with Crippen molar-refractivity contribution in [1.29, 1.82) is 10.5 Å². The molecule has 1 N–H and O–H groups in total. The number of rotatable bonds is 6. The Kier molecular flexibility index (Phi) is 6.61. The van der Waals surface area contributed by atoms with Gasteiger partial charge in [-0.2, -0.15) is 10.5 Å². The van der Waals surface area contributed by atoms with Crippen molar-refractivity contribution in [2.45, 2.75) is 0 Å². The fraction of sp³-hybridized carbons (Fsp3) is 0.105. The first-order valence-electron chi connectivity index (χ1n) is 7.44. The number of ether oxygens (including phenoxy) is 2. The molecule has 0 heterocycles. The van der Waals surface area contributed by atoms with Crippen LogP contribution >= 0.6 is 11.6 Å². The average Bonchev–Trinajstić information content (AvgIpc) is 2.66. The minimum atomic E-state index is -0.579. The number of methoxy groups -OCH3 is 1. The summed E-state index contributed by atoms with van der Waals surface area (Å²) in [5.74, 6) is 0.201. The minimum Gasteiger partial charge on any atom is -0.493 e. The van der Waals surface area contributed by atoms with Gasteiger partial charge >= 0.3 is 0 Å². The molecule has 0 aliphatic rings. The van der Waals surface area contributed by atoms with Gasteiger partial charge in [-0.15, -0.1) is 0 Å². The molecule has 0 aliphatic carbocycles. The van der Waals surface area contributed by atoms with Crippen LogP contribution in [0.2, 0.25) is 5.02 Å². The predicted octanol–water partition coefficient (Wildman–Crippen LogP) is 3.80. The highest BCUT2D eigenvalue weighted by Gasteiger charge is 2.12. The molecule has 0 aromatic heterocycles. The van der Waals surface area contributed by atoms with Gasteiger partial charge in [-0.3, -0.25) is 4.79 Å². The Hall–Kier alpha value is -3.48. The van der Waals surface area contributed by atoms with E-state index in [-0.39, 0.29) is 12.2 Å². The van der Waals surface area contributed by atoms with E-state index in [1.165, 1.54) is 13.2 Å². The SMILES string of the molecule is COc1cc(/C=C(\C#N)C(=O)Nc2ccccc2Cl)ccc1OCC#N. The van der Waals surface area contributed by atoms with Gasteiger partial charge in [0.15, 0.2) is 18.1 Å². The van der Waals surface area contributed by atoms with E-state index >= 15 is 0 Å². The first-order chi connectivity index (χ1) is 12.6. The van der Waals surface area contributed by atoms with Crippen LogP contribution in [0, 0.1) is 22.7 Å². The number of hydrogen-bond acceptors (Lipinski definition) is 5. The van der Waals surface area contributed by atoms with Gasteiger partial charge in [0.2, 0.25) is 0 Å². The van der Waals surface area contributed by atoms with Crippen LogP contribution in [0.1, 0.15) is 5.56 Å². The van der Waals surface area contributed by atoms with Crippen LogP contribution in [0.5, 0.6) is 11.5 Å². The van der Waals surface area contributed by atoms with Gasteiger partial charge in [0.05, 0.1) is 17.8 Å². The van der Waals surface area contributed by atoms with Gasteiger partial charge < -0.3 is 14.8 Å². The first-order valence-corrected chi connectivity index (χ1v) is 7.82. The van der Waals surface area contributed by atoms with E-state index in [2.05, 4.69) is 5.32 Å². The van der Waals surface area contributed by atoms with Crippen molar-refractivity contribution in [3.8, 4) is 23.6 Å². The summed E-state index contributed by atoms with van der Waals surface area (Å²) in [4.78, 5) is 12.3. The number of para-hydroxylation sites is 1. The van der Waals surface area contributed by atoms with E-state index in [1.54, 1.807) is 42.5 Å². The Morgan fingerprint density at radius 3 is 2.65 bits per heavy atom. The molecule has 26 heavy (non-hydrogen) atoms. The summed E-state index contributed by atoms with van der Waals surface area (Å²) in [6, 6.07) is 15.3. The zero-order valence-corrected chi connectivity index (χ0v) is 14.6. The van der Waals surface area contributed by atoms with Gasteiger partial charge in [-0.25, -0.2) is 0 Å². The topological polar surface area (TPSA) is 95.1 Å². The van der Waals surface area contributed by atoms with Gasteiger partial charge in [-0.1, -0.05) is 29.8 Å². The lowest BCUT2D eigenvalue weighted by atomic mass is 10.1. The zero-order valence-electron chi connectivity index (χ0n) is 13.8. The van der Waals surface area contributed by atoms with Gasteiger partial charge in [0.1, 0.15) is 17.7 Å². The molecule has 0 fully saturated rings. The third kappa shape index (κ3) is 4.76. The molecule has 2 aromatic rings. The molecule has 0 spiro atoms. The molecule has 130 valence electrons. The molecule has 1 amide bonds. The number of carbonyl (C=O) groups excluding carboxylic acids is 1. The van der Waals surface area contributed by atoms with Crippen LogP contribution in [0.15, 0.2) is 48.0 Å². The summed E-state index contributed by atoms with van der Waals surface area (Å²) in [5.41, 5.74) is 0.882. The summed E-state index contributed by atoms with van der Waals surface area (Å²) in [5, 5.41) is 20.9. The minimum absolute atomic E-state index is 0.0994. The number of benzene rings is 2. The number of carbonyl (C=O) groups is 1. The maximum absolute atomic E-state index is 12.3. The lowest BCUT2D eigenvalue weighted by molar-refractivity contribution is -0.112. The number of nitrogens with zero attached hydrogens (tertiary/aromatic N) is 2. The maximum atomic E-state index is 12.3. The normalized spacial score (nSPS) is 10.4. The highest BCUT2D eigenvalue weighted by molar-refractivity contribution is 6.34. The molecule has 0 unspecified atom stereocenters. The van der Waals surface area contributed by atoms with Crippen molar-refractivity contribution in [3.05, 3.63) is 58.6 Å². The van der Waals surface area contributed by atoms with Crippen molar-refractivity contribution in [2.24, 2.45) is 0 Å². The number of nitriles is 2. The van der Waals surface area contributed by atoms with E-state index in [9.17, 15) is 10.1 Å². The molecule has 7 heteroatoms. The quantitative estimate of drug-likeness (QED) is 0.619. The Morgan fingerprint density at radius 1 is 1.23 bits per heavy atom. The standard InChI is InChI=1S/C19H14ClN3O3/c1-25-18-11-13(6-7-17(18)26-9-8-21)10-14(12-22)19(24)23-16-5-3-2-4-15(16)20/h2-7,10-11H,9H2,1H3,(H,23,24)/b14-10+. The predicted molar refractivity (Wildman–Crippen MR) is 97.8 cm³/mol. The Balaban J connectivity index is 2.25. The number of anilines is 1. The molecule has 6 nitrogen and oxygen atoms in total. The van der Waals surface area contributed by atoms with Crippen LogP contribution in [-0.4, -0.2) is 19.6 Å². The third-order valence-electron chi connectivity index (χ3n) is 3.28. The number of nitrogens with one attached hydrogen (secondary N) is 1. The van der Waals surface area contributed by atoms with Gasteiger partial charge in [-0.05, 0) is 35.9 Å². The maximum Gasteiger partial charge on any atom is 0.266 e. The molecule has 0 atom stereocenters. The number of hydrogen-bond donors (Lipinski definition) is 1. The molecule has 0 saturated heterocycles. The second kappa shape index (κ2) is 9.12. The van der Waals surface area contributed by atoms with Crippen molar-refractivity contribution >= 4 is 29.3 Å². The second-order valence-electron chi connectivity index (χ2n) is 4.96. The van der Waals surface area contributed by atoms with E-state index in [0.717, 1.165) is 0 Å². The van der Waals surface area contributed by atoms with Crippen molar-refractivity contribution in [1.82, 2.24) is 0 Å². The largest absolute Gasteiger partial charge is 0.493 e. The van der Waals surface area contributed by atoms with Crippen LogP contribution in [0.3, 0.4) is 0 Å². The Morgan fingerprint density at radius 2 is 2.00 bits per heavy atom. The first kappa shape index (κ1) is 18.9. The highest BCUT2D eigenvalue weighted by Crippen LogP contribution is 2.29. The molecule has 0 aliphatic heterocycles. The van der Waals surface area contributed by atoms with Crippen LogP contribution in [0.25, 0.3) is 6.08 Å². The Bertz CT molecular complexity index is 926. The van der Waals surface area contributed by atoms with Crippen molar-refractivity contribution in [3.63, 3.8) is 0 Å². The molecular weight excluding hydrogens is 354 g/mol. The summed E-state index contributed by atoms with van der Waals surface area (Å²) in [6.45, 7) is -0.116. The molecule has 2 rings (SSSR count). The van der Waals surface area contributed by atoms with Crippen LogP contribution in [-0.2, 0) is 4.79 Å². The van der Waals surface area contributed by atoms with Crippen LogP contribution in [0.4, 0.5) is 5.69 Å². The average molecular weight is 368 g/mol. The van der Waals surface area contributed by atoms with Crippen LogP contribution < -0.4 is 14.8 Å². The molecule has 2 aromatic carbocycles. The molecular formula is C19H14ClN3O3. The van der Waals surface area contributed by atoms with E-state index in [4.69, 9.17) is 26.3 Å². The van der Waals surface area contributed by atoms with E-state index in [0.29, 0.717) is 27.8 Å². The van der Waals surface area contributed by atoms with Crippen molar-refractivity contribution in [2.75, 3.05) is 19.0 Å². The summed E-state index contributed by atoms with van der Waals surface area (Å²) < 4.78 is 10.4. The molecule has 0 radical (unpaired) electrons. The smallest absolute Gasteiger partial charge is 0.266 e. The molecule has 0 bridgehead atoms. The Labute approximate surface area is 155 Å². The lowest BCUT2D eigenvalue weighted by Gasteiger charge is -2.09. The number of amides is 1. The van der Waals surface area contributed by atoms with Gasteiger partial charge in [0, 0.05) is 0 Å². The van der Waals surface area contributed by atoms with E-state index in [1.807, 2.05) is 12.1 Å². The van der Waals surface area contributed by atoms with Gasteiger partial charge in [0.25, 0.3) is 5.91 Å². The lowest BCUT2D eigenvalue weighted by Crippen LogP contribution is -2.13. The fourth-order valence-corrected chi connectivity index (χ4v) is 2.25. The highest BCUT2D eigenvalue weighted by atomic mass is 35.5. The van der Waals surface area contributed by atoms with Crippen molar-refractivity contribution < 1.29 is 14.3 Å². The number of halogens is 1. The second-order valence-corrected chi connectivity index (χ2v) is 5.37. The summed E-state index contributed by atoms with van der Waals surface area (Å²) >= 11 is 6.00. The fourth-order valence-electron chi connectivity index (χ4n) is 2.07. The zero-order chi connectivity index (χ0) is 18.9. The monoisotopic (exact) mass is 367 g/mol. The van der Waals surface area contributed by atoms with E-state index < -0.39 is 5.91 Å². The molecule has 0 saturated carbocycles. The summed E-state index contributed by atoms with van der Waals surface area (Å²) in [6.07, 6.45) is 1.42.